The lowest BCUT2D eigenvalue weighted by Crippen LogP contribution is -2.97. The minimum Gasteiger partial charge on any atom is -0.395 e. The first kappa shape index (κ1) is 22.3. The summed E-state index contributed by atoms with van der Waals surface area (Å²) in [5, 5.41) is 0. The van der Waals surface area contributed by atoms with Gasteiger partial charge in [0.05, 0.1) is 7.11 Å². The molecule has 144 valence electrons. The molecule has 0 unspecified atom stereocenters. The van der Waals surface area contributed by atoms with Crippen molar-refractivity contribution in [2.75, 3.05) is 64.0 Å². The second-order valence-corrected chi connectivity index (χ2v) is 20.9. The van der Waals surface area contributed by atoms with Gasteiger partial charge in [-0.05, 0) is 4.89 Å². The standard InChI is InChI=1S/C10H27NO10Si3/c1-12-10(13-2)21-11(14-3)23(17-6,18-7)24(19-8,20-9)22(10,15-4)16-5/h1-9H3. The first-order valence-electron chi connectivity index (χ1n) is 6.85. The van der Waals surface area contributed by atoms with Crippen molar-refractivity contribution >= 4 is 23.9 Å². The van der Waals surface area contributed by atoms with Crippen molar-refractivity contribution in [3.63, 3.8) is 0 Å². The number of nitrogens with zero attached hydrogens (tertiary/aromatic N) is 1. The van der Waals surface area contributed by atoms with Crippen molar-refractivity contribution in [2.45, 2.75) is 5.60 Å². The van der Waals surface area contributed by atoms with Crippen molar-refractivity contribution in [3.8, 4) is 0 Å². The molecule has 0 N–H and O–H groups in total. The Morgan fingerprint density at radius 2 is 1.12 bits per heavy atom. The van der Waals surface area contributed by atoms with Gasteiger partial charge in [-0.15, -0.1) is 0 Å². The molecule has 1 rings (SSSR count). The van der Waals surface area contributed by atoms with E-state index in [1.807, 2.05) is 0 Å². The molecule has 0 aromatic heterocycles. The SMILES string of the molecule is CON1OC(OC)(OC)[Si](OC)(OC)[Si](OC)(OC)[Si]1(OC)OC. The van der Waals surface area contributed by atoms with Crippen LogP contribution in [0.3, 0.4) is 0 Å². The predicted molar refractivity (Wildman–Crippen MR) is 86.0 cm³/mol. The lowest BCUT2D eigenvalue weighted by atomic mass is 11.2. The highest BCUT2D eigenvalue weighted by Gasteiger charge is 2.94. The Hall–Kier alpha value is 0.211. The molecular weight excluding hydrogens is 378 g/mol. The average Bonchev–Trinajstić information content (AvgIpc) is 2.65. The third-order valence-corrected chi connectivity index (χ3v) is 28.5. The summed E-state index contributed by atoms with van der Waals surface area (Å²) in [4.78, 5) is 12.2. The summed E-state index contributed by atoms with van der Waals surface area (Å²) in [5.74, 6) is 0. The molecule has 14 heteroatoms. The summed E-state index contributed by atoms with van der Waals surface area (Å²) in [6.07, 6.45) is 0. The second-order valence-electron chi connectivity index (χ2n) is 4.54. The summed E-state index contributed by atoms with van der Waals surface area (Å²) in [6, 6.07) is 0. The molecule has 0 saturated carbocycles. The van der Waals surface area contributed by atoms with E-state index in [0.29, 0.717) is 0 Å². The molecule has 0 bridgehead atoms. The number of rotatable bonds is 9. The fraction of sp³-hybridized carbons (Fsp3) is 1.00. The van der Waals surface area contributed by atoms with E-state index in [2.05, 4.69) is 0 Å². The zero-order valence-corrected chi connectivity index (χ0v) is 18.5. The van der Waals surface area contributed by atoms with Crippen LogP contribution in [-0.4, -0.2) is 98.4 Å². The van der Waals surface area contributed by atoms with E-state index in [0.717, 1.165) is 4.89 Å². The first-order valence-corrected chi connectivity index (χ1v) is 14.2. The number of ether oxygens (including phenoxy) is 2. The van der Waals surface area contributed by atoms with E-state index in [4.69, 9.17) is 45.7 Å². The molecule has 1 heterocycles. The van der Waals surface area contributed by atoms with E-state index >= 15 is 0 Å². The van der Waals surface area contributed by atoms with Crippen LogP contribution in [0.5, 0.6) is 0 Å². The van der Waals surface area contributed by atoms with Gasteiger partial charge in [0.1, 0.15) is 0 Å². The lowest BCUT2D eigenvalue weighted by Gasteiger charge is -2.57. The third-order valence-electron chi connectivity index (χ3n) is 4.10. The molecule has 0 radical (unpaired) electrons. The van der Waals surface area contributed by atoms with E-state index in [9.17, 15) is 0 Å². The van der Waals surface area contributed by atoms with Crippen molar-refractivity contribution in [3.05, 3.63) is 0 Å². The highest BCUT2D eigenvalue weighted by atomic mass is 29.7. The minimum atomic E-state index is -3.71. The smallest absolute Gasteiger partial charge is 0.395 e. The van der Waals surface area contributed by atoms with Crippen LogP contribution in [0.2, 0.25) is 0 Å². The molecular formula is C10H27NO10Si3. The largest absolute Gasteiger partial charge is 0.521 e. The van der Waals surface area contributed by atoms with Crippen molar-refractivity contribution in [1.29, 1.82) is 0 Å². The zero-order valence-electron chi connectivity index (χ0n) is 15.5. The molecule has 1 aliphatic rings. The summed E-state index contributed by atoms with van der Waals surface area (Å²) < 4.78 is 46.0. The molecule has 0 amide bonds. The van der Waals surface area contributed by atoms with Gasteiger partial charge in [-0.1, -0.05) is 0 Å². The Labute approximate surface area is 144 Å². The fourth-order valence-electron chi connectivity index (χ4n) is 3.06. The van der Waals surface area contributed by atoms with Gasteiger partial charge in [0.2, 0.25) is 0 Å². The summed E-state index contributed by atoms with van der Waals surface area (Å²) in [6.45, 7) is 0. The Morgan fingerprint density at radius 3 is 1.38 bits per heavy atom. The molecule has 24 heavy (non-hydrogen) atoms. The molecule has 0 aromatic carbocycles. The lowest BCUT2D eigenvalue weighted by molar-refractivity contribution is -0.461. The molecule has 1 aliphatic heterocycles. The van der Waals surface area contributed by atoms with Gasteiger partial charge >= 0.3 is 29.5 Å². The van der Waals surface area contributed by atoms with Crippen LogP contribution >= 0.6 is 0 Å². The zero-order chi connectivity index (χ0) is 18.6. The molecule has 11 nitrogen and oxygen atoms in total. The van der Waals surface area contributed by atoms with E-state index in [-0.39, 0.29) is 0 Å². The number of methoxy groups -OCH3 is 2. The molecule has 1 saturated heterocycles. The van der Waals surface area contributed by atoms with Crippen LogP contribution in [0, 0.1) is 0 Å². The monoisotopic (exact) mass is 405 g/mol. The molecule has 0 atom stereocenters. The Bertz CT molecular complexity index is 400. The average molecular weight is 406 g/mol. The second kappa shape index (κ2) is 8.27. The summed E-state index contributed by atoms with van der Waals surface area (Å²) >= 11 is 0. The quantitative estimate of drug-likeness (QED) is 0.354. The highest BCUT2D eigenvalue weighted by molar-refractivity contribution is 7.60. The van der Waals surface area contributed by atoms with Crippen molar-refractivity contribution in [2.24, 2.45) is 0 Å². The van der Waals surface area contributed by atoms with E-state index in [1.54, 1.807) is 0 Å². The number of hydrogen-bond donors (Lipinski definition) is 0. The van der Waals surface area contributed by atoms with Crippen molar-refractivity contribution in [1.82, 2.24) is 4.89 Å². The molecule has 0 aliphatic carbocycles. The Morgan fingerprint density at radius 1 is 0.667 bits per heavy atom. The third kappa shape index (κ3) is 2.42. The van der Waals surface area contributed by atoms with E-state index < -0.39 is 29.5 Å². The van der Waals surface area contributed by atoms with Crippen LogP contribution in [0.25, 0.3) is 0 Å². The van der Waals surface area contributed by atoms with Gasteiger partial charge in [0, 0.05) is 56.9 Å². The molecule has 0 aromatic rings. The van der Waals surface area contributed by atoms with Gasteiger partial charge < -0.3 is 36.0 Å². The van der Waals surface area contributed by atoms with Crippen LogP contribution in [0.1, 0.15) is 0 Å². The summed E-state index contributed by atoms with van der Waals surface area (Å²) in [7, 11) is 1.91. The van der Waals surface area contributed by atoms with Gasteiger partial charge in [-0.25, -0.2) is 4.84 Å². The fourth-order valence-corrected chi connectivity index (χ4v) is 29.2. The Kier molecular flexibility index (Phi) is 7.67. The summed E-state index contributed by atoms with van der Waals surface area (Å²) in [5.41, 5.74) is -1.78. The number of hydrogen-bond acceptors (Lipinski definition) is 11. The van der Waals surface area contributed by atoms with Gasteiger partial charge in [0.15, 0.2) is 0 Å². The maximum absolute atomic E-state index is 5.89. The normalized spacial score (nSPS) is 24.9. The maximum atomic E-state index is 5.89. The van der Waals surface area contributed by atoms with Crippen LogP contribution < -0.4 is 0 Å². The van der Waals surface area contributed by atoms with Crippen LogP contribution in [0.4, 0.5) is 0 Å². The highest BCUT2D eigenvalue weighted by Crippen LogP contribution is 2.47. The van der Waals surface area contributed by atoms with E-state index in [1.165, 1.54) is 64.0 Å². The van der Waals surface area contributed by atoms with Gasteiger partial charge in [-0.2, -0.15) is 0 Å². The first-order chi connectivity index (χ1) is 11.4. The van der Waals surface area contributed by atoms with Crippen molar-refractivity contribution < 1.29 is 45.7 Å². The minimum absolute atomic E-state index is 1.06. The predicted octanol–water partition coefficient (Wildman–Crippen LogP) is -0.861. The van der Waals surface area contributed by atoms with Gasteiger partial charge in [0.25, 0.3) is 0 Å². The van der Waals surface area contributed by atoms with Crippen LogP contribution in [-0.2, 0) is 45.7 Å². The molecule has 0 spiro atoms. The van der Waals surface area contributed by atoms with Crippen LogP contribution in [0.15, 0.2) is 0 Å². The van der Waals surface area contributed by atoms with Gasteiger partial charge in [-0.3, -0.25) is 4.84 Å². The maximum Gasteiger partial charge on any atom is 0.521 e. The molecule has 1 fully saturated rings. The Balaban J connectivity index is 3.88. The topological polar surface area (TPSA) is 95.5 Å².